The van der Waals surface area contributed by atoms with Gasteiger partial charge in [-0.15, -0.1) is 0 Å². The summed E-state index contributed by atoms with van der Waals surface area (Å²) in [7, 11) is 3.62. The van der Waals surface area contributed by atoms with Crippen LogP contribution in [-0.4, -0.2) is 68.0 Å². The van der Waals surface area contributed by atoms with Crippen molar-refractivity contribution in [1.82, 2.24) is 15.1 Å². The molecule has 0 aromatic heterocycles. The number of carbonyl (C=O) groups is 2. The third-order valence-electron chi connectivity index (χ3n) is 6.66. The van der Waals surface area contributed by atoms with Crippen molar-refractivity contribution in [3.63, 3.8) is 0 Å². The number of carbonyl (C=O) groups excluding carboxylic acids is 2. The first-order valence-corrected chi connectivity index (χ1v) is 11.1. The van der Waals surface area contributed by atoms with Gasteiger partial charge in [0.25, 0.3) is 5.91 Å². The van der Waals surface area contributed by atoms with E-state index in [0.29, 0.717) is 37.2 Å². The first-order chi connectivity index (χ1) is 15.4. The SMILES string of the molecule is COc1cccc(C(=O)N[C@@H]2C[C@H](C(=O)N3CCN(C)CC3)[C@@H](c3ccc(F)cc3)C2)c1. The summed E-state index contributed by atoms with van der Waals surface area (Å²) in [5.74, 6) is -0.0178. The molecular weight excluding hydrogens is 409 g/mol. The molecule has 3 atom stereocenters. The molecule has 1 aliphatic carbocycles. The summed E-state index contributed by atoms with van der Waals surface area (Å²) in [5, 5.41) is 3.10. The van der Waals surface area contributed by atoms with Crippen molar-refractivity contribution in [3.05, 3.63) is 65.5 Å². The third-order valence-corrected chi connectivity index (χ3v) is 6.66. The second-order valence-electron chi connectivity index (χ2n) is 8.77. The topological polar surface area (TPSA) is 61.9 Å². The van der Waals surface area contributed by atoms with Gasteiger partial charge in [-0.3, -0.25) is 9.59 Å². The Morgan fingerprint density at radius 1 is 1.03 bits per heavy atom. The minimum absolute atomic E-state index is 0.0571. The number of amides is 2. The molecule has 0 bridgehead atoms. The van der Waals surface area contributed by atoms with Crippen LogP contribution in [0.3, 0.4) is 0 Å². The molecule has 2 aromatic carbocycles. The maximum absolute atomic E-state index is 13.5. The highest BCUT2D eigenvalue weighted by Gasteiger charge is 2.42. The van der Waals surface area contributed by atoms with Gasteiger partial charge in [0.1, 0.15) is 11.6 Å². The van der Waals surface area contributed by atoms with Gasteiger partial charge in [0, 0.05) is 43.7 Å². The molecule has 1 heterocycles. The van der Waals surface area contributed by atoms with Crippen molar-refractivity contribution in [2.24, 2.45) is 5.92 Å². The van der Waals surface area contributed by atoms with Gasteiger partial charge in [0.2, 0.25) is 5.91 Å². The van der Waals surface area contributed by atoms with E-state index in [1.807, 2.05) is 4.90 Å². The van der Waals surface area contributed by atoms with Crippen LogP contribution in [0.2, 0.25) is 0 Å². The van der Waals surface area contributed by atoms with E-state index in [-0.39, 0.29) is 35.5 Å². The monoisotopic (exact) mass is 439 g/mol. The van der Waals surface area contributed by atoms with Crippen molar-refractivity contribution < 1.29 is 18.7 Å². The molecule has 32 heavy (non-hydrogen) atoms. The Hall–Kier alpha value is -2.93. The van der Waals surface area contributed by atoms with Crippen LogP contribution in [0.15, 0.2) is 48.5 Å². The molecule has 1 saturated carbocycles. The minimum Gasteiger partial charge on any atom is -0.497 e. The van der Waals surface area contributed by atoms with Crippen LogP contribution < -0.4 is 10.1 Å². The zero-order chi connectivity index (χ0) is 22.7. The lowest BCUT2D eigenvalue weighted by Crippen LogP contribution is -2.49. The van der Waals surface area contributed by atoms with Gasteiger partial charge in [0.05, 0.1) is 7.11 Å². The summed E-state index contributed by atoms with van der Waals surface area (Å²) in [5.41, 5.74) is 1.47. The lowest BCUT2D eigenvalue weighted by Gasteiger charge is -2.35. The van der Waals surface area contributed by atoms with Gasteiger partial charge in [0.15, 0.2) is 0 Å². The second kappa shape index (κ2) is 9.69. The van der Waals surface area contributed by atoms with Gasteiger partial charge >= 0.3 is 0 Å². The highest BCUT2D eigenvalue weighted by Crippen LogP contribution is 2.41. The largest absolute Gasteiger partial charge is 0.497 e. The van der Waals surface area contributed by atoms with E-state index in [1.165, 1.54) is 12.1 Å². The van der Waals surface area contributed by atoms with E-state index < -0.39 is 0 Å². The van der Waals surface area contributed by atoms with Crippen molar-refractivity contribution in [2.45, 2.75) is 24.8 Å². The molecule has 7 heteroatoms. The quantitative estimate of drug-likeness (QED) is 0.778. The van der Waals surface area contributed by atoms with E-state index in [0.717, 1.165) is 18.7 Å². The fourth-order valence-corrected chi connectivity index (χ4v) is 4.80. The van der Waals surface area contributed by atoms with Gasteiger partial charge in [-0.2, -0.15) is 0 Å². The number of piperazine rings is 1. The maximum Gasteiger partial charge on any atom is 0.251 e. The predicted molar refractivity (Wildman–Crippen MR) is 120 cm³/mol. The average Bonchev–Trinajstić information content (AvgIpc) is 3.23. The fraction of sp³-hybridized carbons (Fsp3) is 0.440. The number of benzene rings is 2. The van der Waals surface area contributed by atoms with Crippen molar-refractivity contribution >= 4 is 11.8 Å². The lowest BCUT2D eigenvalue weighted by molar-refractivity contribution is -0.137. The minimum atomic E-state index is -0.295. The highest BCUT2D eigenvalue weighted by atomic mass is 19.1. The van der Waals surface area contributed by atoms with E-state index in [4.69, 9.17) is 4.74 Å². The van der Waals surface area contributed by atoms with Gasteiger partial charge in [-0.05, 0) is 61.7 Å². The Labute approximate surface area is 188 Å². The van der Waals surface area contributed by atoms with Crippen LogP contribution in [0.25, 0.3) is 0 Å². The summed E-state index contributed by atoms with van der Waals surface area (Å²) < 4.78 is 18.7. The smallest absolute Gasteiger partial charge is 0.251 e. The molecule has 2 amide bonds. The van der Waals surface area contributed by atoms with E-state index in [9.17, 15) is 14.0 Å². The molecule has 170 valence electrons. The van der Waals surface area contributed by atoms with Crippen molar-refractivity contribution in [1.29, 1.82) is 0 Å². The first-order valence-electron chi connectivity index (χ1n) is 11.1. The maximum atomic E-state index is 13.5. The Kier molecular flexibility index (Phi) is 6.74. The van der Waals surface area contributed by atoms with Crippen molar-refractivity contribution in [2.75, 3.05) is 40.3 Å². The molecule has 0 radical (unpaired) electrons. The van der Waals surface area contributed by atoms with Gasteiger partial charge in [-0.25, -0.2) is 4.39 Å². The number of hydrogen-bond donors (Lipinski definition) is 1. The molecule has 2 aliphatic rings. The van der Waals surface area contributed by atoms with Crippen LogP contribution in [-0.2, 0) is 4.79 Å². The Morgan fingerprint density at radius 3 is 2.44 bits per heavy atom. The van der Waals surface area contributed by atoms with E-state index in [2.05, 4.69) is 17.3 Å². The third kappa shape index (κ3) is 4.93. The van der Waals surface area contributed by atoms with Gasteiger partial charge < -0.3 is 19.9 Å². The molecule has 0 unspecified atom stereocenters. The standard InChI is InChI=1S/C25H30FN3O3/c1-28-10-12-29(13-11-28)25(31)23-16-20(15-22(23)17-6-8-19(26)9-7-17)27-24(30)18-4-3-5-21(14-18)32-2/h3-9,14,20,22-23H,10-13,15-16H2,1-2H3,(H,27,30)/t20-,22+,23-/m0/s1. The normalized spacial score (nSPS) is 23.7. The molecule has 1 saturated heterocycles. The Balaban J connectivity index is 1.51. The predicted octanol–water partition coefficient (Wildman–Crippen LogP) is 2.90. The molecule has 2 fully saturated rings. The number of methoxy groups -OCH3 is 1. The van der Waals surface area contributed by atoms with Crippen LogP contribution >= 0.6 is 0 Å². The van der Waals surface area contributed by atoms with Crippen LogP contribution in [0.1, 0.15) is 34.7 Å². The molecule has 1 N–H and O–H groups in total. The number of nitrogens with zero attached hydrogens (tertiary/aromatic N) is 2. The highest BCUT2D eigenvalue weighted by molar-refractivity contribution is 5.95. The van der Waals surface area contributed by atoms with Gasteiger partial charge in [-0.1, -0.05) is 18.2 Å². The van der Waals surface area contributed by atoms with E-state index >= 15 is 0 Å². The fourth-order valence-electron chi connectivity index (χ4n) is 4.80. The summed E-state index contributed by atoms with van der Waals surface area (Å²) in [6.07, 6.45) is 1.22. The first kappa shape index (κ1) is 22.3. The van der Waals surface area contributed by atoms with Crippen molar-refractivity contribution in [3.8, 4) is 5.75 Å². The number of nitrogens with one attached hydrogen (secondary N) is 1. The molecule has 1 aliphatic heterocycles. The molecular formula is C25H30FN3O3. The second-order valence-corrected chi connectivity index (χ2v) is 8.77. The summed E-state index contributed by atoms with van der Waals surface area (Å²) in [4.78, 5) is 30.5. The average molecular weight is 440 g/mol. The lowest BCUT2D eigenvalue weighted by atomic mass is 9.87. The van der Waals surface area contributed by atoms with Crippen LogP contribution in [0, 0.1) is 11.7 Å². The number of halogens is 1. The molecule has 6 nitrogen and oxygen atoms in total. The summed E-state index contributed by atoms with van der Waals surface area (Å²) in [6.45, 7) is 3.14. The summed E-state index contributed by atoms with van der Waals surface area (Å²) >= 11 is 0. The number of rotatable bonds is 5. The molecule has 0 spiro atoms. The van der Waals surface area contributed by atoms with E-state index in [1.54, 1.807) is 43.5 Å². The number of hydrogen-bond acceptors (Lipinski definition) is 4. The summed E-state index contributed by atoms with van der Waals surface area (Å²) in [6, 6.07) is 13.3. The number of likely N-dealkylation sites (N-methyl/N-ethyl adjacent to an activating group) is 1. The zero-order valence-electron chi connectivity index (χ0n) is 18.6. The number of ether oxygens (including phenoxy) is 1. The molecule has 2 aromatic rings. The van der Waals surface area contributed by atoms with Crippen LogP contribution in [0.5, 0.6) is 5.75 Å². The zero-order valence-corrected chi connectivity index (χ0v) is 18.6. The Morgan fingerprint density at radius 2 is 1.75 bits per heavy atom. The van der Waals surface area contributed by atoms with Crippen LogP contribution in [0.4, 0.5) is 4.39 Å². The molecule has 4 rings (SSSR count). The Bertz CT molecular complexity index is 957.